The minimum absolute atomic E-state index is 0.319. The van der Waals surface area contributed by atoms with E-state index in [1.807, 2.05) is 79.1 Å². The lowest BCUT2D eigenvalue weighted by molar-refractivity contribution is 0.944. The first-order valence-electron chi connectivity index (χ1n) is 9.58. The van der Waals surface area contributed by atoms with Gasteiger partial charge in [-0.3, -0.25) is 9.98 Å². The predicted molar refractivity (Wildman–Crippen MR) is 124 cm³/mol. The highest BCUT2D eigenvalue weighted by Gasteiger charge is 2.16. The summed E-state index contributed by atoms with van der Waals surface area (Å²) >= 11 is 0. The Kier molecular flexibility index (Phi) is 5.66. The fraction of sp³-hybridized carbons (Fsp3) is 0.0417. The van der Waals surface area contributed by atoms with Crippen molar-refractivity contribution in [2.45, 2.75) is 6.17 Å². The molecule has 2 aliphatic heterocycles. The van der Waals surface area contributed by atoms with Crippen LogP contribution in [0.25, 0.3) is 0 Å². The maximum absolute atomic E-state index is 6.13. The number of nitrogens with two attached hydrogens (primary N) is 2. The molecule has 1 atom stereocenters. The highest BCUT2D eigenvalue weighted by molar-refractivity contribution is 6.17. The molecule has 30 heavy (non-hydrogen) atoms. The molecule has 2 heterocycles. The van der Waals surface area contributed by atoms with Crippen LogP contribution in [0.5, 0.6) is 0 Å². The lowest BCUT2D eigenvalue weighted by Gasteiger charge is -2.09. The molecule has 6 nitrogen and oxygen atoms in total. The molecule has 6 heteroatoms. The zero-order valence-corrected chi connectivity index (χ0v) is 16.3. The average molecular weight is 394 g/mol. The number of amidine groups is 1. The first kappa shape index (κ1) is 19.1. The molecule has 0 aliphatic carbocycles. The first-order chi connectivity index (χ1) is 14.7. The number of hydrogen-bond acceptors (Lipinski definition) is 5. The molecule has 0 saturated carbocycles. The molecule has 2 aliphatic rings. The van der Waals surface area contributed by atoms with Gasteiger partial charge in [0.15, 0.2) is 6.17 Å². The zero-order chi connectivity index (χ0) is 20.8. The Morgan fingerprint density at radius 1 is 0.933 bits per heavy atom. The van der Waals surface area contributed by atoms with E-state index in [4.69, 9.17) is 16.5 Å². The molecule has 148 valence electrons. The van der Waals surface area contributed by atoms with Crippen LogP contribution < -0.4 is 16.8 Å². The zero-order valence-electron chi connectivity index (χ0n) is 16.3. The van der Waals surface area contributed by atoms with Crippen molar-refractivity contribution in [1.82, 2.24) is 5.32 Å². The van der Waals surface area contributed by atoms with Crippen molar-refractivity contribution in [1.29, 1.82) is 0 Å². The van der Waals surface area contributed by atoms with Crippen molar-refractivity contribution >= 4 is 23.4 Å². The summed E-state index contributed by atoms with van der Waals surface area (Å²) in [5, 5.41) is 2.97. The summed E-state index contributed by atoms with van der Waals surface area (Å²) in [4.78, 5) is 13.9. The summed E-state index contributed by atoms with van der Waals surface area (Å²) < 4.78 is 0. The molecule has 2 aromatic rings. The highest BCUT2D eigenvalue weighted by atomic mass is 15.1. The number of nitrogens with zero attached hydrogens (tertiary/aromatic N) is 3. The third kappa shape index (κ3) is 4.44. The van der Waals surface area contributed by atoms with Crippen LogP contribution in [0.4, 0.5) is 5.69 Å². The Morgan fingerprint density at radius 2 is 1.67 bits per heavy atom. The number of allylic oxidation sites excluding steroid dienone is 4. The number of para-hydroxylation sites is 1. The van der Waals surface area contributed by atoms with E-state index >= 15 is 0 Å². The van der Waals surface area contributed by atoms with Crippen molar-refractivity contribution in [3.8, 4) is 0 Å². The van der Waals surface area contributed by atoms with Gasteiger partial charge in [-0.15, -0.1) is 0 Å². The lowest BCUT2D eigenvalue weighted by atomic mass is 10.0. The average Bonchev–Trinajstić information content (AvgIpc) is 2.98. The number of nitrogens with one attached hydrogen (secondary N) is 1. The van der Waals surface area contributed by atoms with Crippen LogP contribution in [0.1, 0.15) is 11.1 Å². The van der Waals surface area contributed by atoms with Crippen molar-refractivity contribution in [2.75, 3.05) is 0 Å². The Labute approximate surface area is 175 Å². The minimum atomic E-state index is -0.537. The quantitative estimate of drug-likeness (QED) is 0.548. The summed E-state index contributed by atoms with van der Waals surface area (Å²) in [6, 6.07) is 17.9. The Balaban J connectivity index is 1.65. The predicted octanol–water partition coefficient (Wildman–Crippen LogP) is 3.32. The van der Waals surface area contributed by atoms with E-state index in [1.165, 1.54) is 0 Å². The number of benzene rings is 2. The van der Waals surface area contributed by atoms with Gasteiger partial charge in [0.1, 0.15) is 5.84 Å². The third-order valence-electron chi connectivity index (χ3n) is 4.58. The largest absolute Gasteiger partial charge is 0.398 e. The van der Waals surface area contributed by atoms with E-state index in [-0.39, 0.29) is 0 Å². The molecule has 0 aromatic heterocycles. The maximum Gasteiger partial charge on any atom is 0.178 e. The first-order valence-corrected chi connectivity index (χ1v) is 9.58. The van der Waals surface area contributed by atoms with Crippen LogP contribution in [-0.4, -0.2) is 23.9 Å². The smallest absolute Gasteiger partial charge is 0.178 e. The fourth-order valence-corrected chi connectivity index (χ4v) is 3.10. The molecule has 2 aromatic carbocycles. The molecule has 0 radical (unpaired) electrons. The molecule has 1 unspecified atom stereocenters. The Bertz CT molecular complexity index is 1120. The molecule has 0 fully saturated rings. The lowest BCUT2D eigenvalue weighted by Crippen LogP contribution is -2.16. The molecule has 5 N–H and O–H groups in total. The molecular weight excluding hydrogens is 372 g/mol. The monoisotopic (exact) mass is 394 g/mol. The second-order valence-electron chi connectivity index (χ2n) is 6.68. The molecule has 0 bridgehead atoms. The van der Waals surface area contributed by atoms with Gasteiger partial charge in [-0.05, 0) is 30.4 Å². The van der Waals surface area contributed by atoms with Gasteiger partial charge < -0.3 is 16.8 Å². The van der Waals surface area contributed by atoms with E-state index < -0.39 is 6.17 Å². The fourth-order valence-electron chi connectivity index (χ4n) is 3.10. The summed E-state index contributed by atoms with van der Waals surface area (Å²) in [6.07, 6.45) is 12.0. The summed E-state index contributed by atoms with van der Waals surface area (Å²) in [5.41, 5.74) is 17.4. The van der Waals surface area contributed by atoms with Gasteiger partial charge in [0, 0.05) is 34.8 Å². The summed E-state index contributed by atoms with van der Waals surface area (Å²) in [5.74, 6) is 0.319. The standard InChI is InChI=1S/C24H22N6/c25-20(17-12-14-27-15-13-17)10-11-22(26)29-23-16-28-21-9-5-4-8-19(21)24(30-23)18-6-2-1-3-7-18/h1-16,23,27H,25H2,(H2,26,29). The van der Waals surface area contributed by atoms with Crippen LogP contribution in [0.2, 0.25) is 0 Å². The normalized spacial score (nSPS) is 18.0. The van der Waals surface area contributed by atoms with Crippen LogP contribution in [0.15, 0.2) is 118 Å². The van der Waals surface area contributed by atoms with Crippen LogP contribution in [-0.2, 0) is 0 Å². The van der Waals surface area contributed by atoms with E-state index in [9.17, 15) is 0 Å². The van der Waals surface area contributed by atoms with E-state index in [2.05, 4.69) is 15.3 Å². The third-order valence-corrected chi connectivity index (χ3v) is 4.58. The molecular formula is C24H22N6. The van der Waals surface area contributed by atoms with Crippen molar-refractivity contribution in [3.63, 3.8) is 0 Å². The van der Waals surface area contributed by atoms with Crippen LogP contribution >= 0.6 is 0 Å². The molecule has 0 spiro atoms. The SMILES string of the molecule is NC(C=CC(N)=C1C=CNC=C1)=NC1C=Nc2ccccc2C(c2ccccc2)=N1. The second kappa shape index (κ2) is 8.87. The number of aliphatic imine (C=N–C) groups is 3. The topological polar surface area (TPSA) is 101 Å². The van der Waals surface area contributed by atoms with Crippen LogP contribution in [0, 0.1) is 0 Å². The van der Waals surface area contributed by atoms with Gasteiger partial charge in [-0.1, -0.05) is 48.5 Å². The number of fused-ring (bicyclic) bond motifs is 1. The van der Waals surface area contributed by atoms with E-state index in [0.717, 1.165) is 28.1 Å². The molecule has 4 rings (SSSR count). The van der Waals surface area contributed by atoms with Gasteiger partial charge in [-0.2, -0.15) is 0 Å². The second-order valence-corrected chi connectivity index (χ2v) is 6.68. The van der Waals surface area contributed by atoms with Crippen molar-refractivity contribution in [3.05, 3.63) is 114 Å². The van der Waals surface area contributed by atoms with Gasteiger partial charge in [0.05, 0.1) is 17.6 Å². The summed E-state index contributed by atoms with van der Waals surface area (Å²) in [6.45, 7) is 0. The van der Waals surface area contributed by atoms with E-state index in [1.54, 1.807) is 18.4 Å². The van der Waals surface area contributed by atoms with Crippen molar-refractivity contribution in [2.24, 2.45) is 26.4 Å². The maximum atomic E-state index is 6.13. The van der Waals surface area contributed by atoms with Crippen LogP contribution in [0.3, 0.4) is 0 Å². The van der Waals surface area contributed by atoms with Crippen molar-refractivity contribution < 1.29 is 0 Å². The van der Waals surface area contributed by atoms with Gasteiger partial charge in [0.25, 0.3) is 0 Å². The molecule has 0 saturated heterocycles. The minimum Gasteiger partial charge on any atom is -0.398 e. The van der Waals surface area contributed by atoms with Gasteiger partial charge in [0.2, 0.25) is 0 Å². The molecule has 0 amide bonds. The Morgan fingerprint density at radius 3 is 2.47 bits per heavy atom. The summed E-state index contributed by atoms with van der Waals surface area (Å²) in [7, 11) is 0. The number of dihydropyridines is 1. The van der Waals surface area contributed by atoms with E-state index in [0.29, 0.717) is 11.5 Å². The Hall–Kier alpha value is -4.19. The van der Waals surface area contributed by atoms with Gasteiger partial charge in [-0.25, -0.2) is 4.99 Å². The van der Waals surface area contributed by atoms with Gasteiger partial charge >= 0.3 is 0 Å². The highest BCUT2D eigenvalue weighted by Crippen LogP contribution is 2.25. The number of rotatable bonds is 4. The number of hydrogen-bond donors (Lipinski definition) is 3.